The monoisotopic (exact) mass is 433 g/mol. The summed E-state index contributed by atoms with van der Waals surface area (Å²) in [6.45, 7) is 5.90. The first-order valence-electron chi connectivity index (χ1n) is 11.2. The summed E-state index contributed by atoms with van der Waals surface area (Å²) in [5.41, 5.74) is 6.32. The van der Waals surface area contributed by atoms with Gasteiger partial charge in [-0.3, -0.25) is 4.79 Å². The van der Waals surface area contributed by atoms with Crippen molar-refractivity contribution in [2.24, 2.45) is 11.7 Å². The first kappa shape index (κ1) is 26.5. The lowest BCUT2D eigenvalue weighted by Crippen LogP contribution is -2.28. The normalized spacial score (nSPS) is 11.0. The zero-order chi connectivity index (χ0) is 22.9. The first-order chi connectivity index (χ1) is 15.0. The van der Waals surface area contributed by atoms with Crippen LogP contribution in [0.15, 0.2) is 30.4 Å². The van der Waals surface area contributed by atoms with Gasteiger partial charge in [-0.05, 0) is 62.3 Å². The minimum absolute atomic E-state index is 0.0288. The molecule has 0 aliphatic rings. The molecule has 0 heterocycles. The second kappa shape index (κ2) is 16.2. The molecule has 1 aromatic carbocycles. The lowest BCUT2D eigenvalue weighted by Gasteiger charge is -2.12. The molecule has 0 aliphatic heterocycles. The third-order valence-corrected chi connectivity index (χ3v) is 4.62. The molecule has 0 spiro atoms. The van der Waals surface area contributed by atoms with Gasteiger partial charge in [0.15, 0.2) is 11.5 Å². The second-order valence-corrected chi connectivity index (χ2v) is 7.85. The van der Waals surface area contributed by atoms with Gasteiger partial charge in [-0.1, -0.05) is 38.5 Å². The lowest BCUT2D eigenvalue weighted by atomic mass is 10.1. The van der Waals surface area contributed by atoms with Crippen LogP contribution >= 0.6 is 0 Å². The number of allylic oxidation sites excluding steroid dienone is 2. The molecule has 1 rings (SSSR count). The maximum Gasteiger partial charge on any atom is 0.412 e. The van der Waals surface area contributed by atoms with Crippen molar-refractivity contribution in [2.75, 3.05) is 20.2 Å². The molecular formula is C24H39N3O4. The Hall–Kier alpha value is -2.54. The number of benzene rings is 1. The summed E-state index contributed by atoms with van der Waals surface area (Å²) in [6.07, 6.45) is 10.0. The van der Waals surface area contributed by atoms with Gasteiger partial charge >= 0.3 is 6.09 Å². The van der Waals surface area contributed by atoms with E-state index in [4.69, 9.17) is 15.2 Å². The van der Waals surface area contributed by atoms with Crippen LogP contribution in [0.25, 0.3) is 0 Å². The fourth-order valence-corrected chi connectivity index (χ4v) is 2.88. The van der Waals surface area contributed by atoms with Crippen LogP contribution in [-0.4, -0.2) is 32.2 Å². The van der Waals surface area contributed by atoms with E-state index < -0.39 is 6.09 Å². The number of carbonyl (C=O) groups is 2. The molecule has 4 N–H and O–H groups in total. The molecule has 0 aliphatic carbocycles. The Labute approximate surface area is 186 Å². The Bertz CT molecular complexity index is 689. The zero-order valence-corrected chi connectivity index (χ0v) is 19.2. The number of unbranched alkanes of at least 4 members (excludes halogenated alkanes) is 4. The summed E-state index contributed by atoms with van der Waals surface area (Å²) in [5.74, 6) is 1.38. The summed E-state index contributed by atoms with van der Waals surface area (Å²) in [4.78, 5) is 24.0. The predicted octanol–water partition coefficient (Wildman–Crippen LogP) is 4.30. The maximum absolute atomic E-state index is 12.0. The van der Waals surface area contributed by atoms with Gasteiger partial charge in [-0.15, -0.1) is 0 Å². The van der Waals surface area contributed by atoms with Crippen LogP contribution < -0.4 is 25.8 Å². The van der Waals surface area contributed by atoms with Crippen molar-refractivity contribution in [3.05, 3.63) is 35.9 Å². The highest BCUT2D eigenvalue weighted by Crippen LogP contribution is 2.28. The number of carbonyl (C=O) groups excluding carboxylic acids is 2. The van der Waals surface area contributed by atoms with Gasteiger partial charge in [0.05, 0.1) is 7.11 Å². The number of hydrogen-bond acceptors (Lipinski definition) is 5. The van der Waals surface area contributed by atoms with Crippen molar-refractivity contribution >= 4 is 12.0 Å². The minimum Gasteiger partial charge on any atom is -0.493 e. The Morgan fingerprint density at radius 1 is 1.06 bits per heavy atom. The van der Waals surface area contributed by atoms with Crippen LogP contribution in [-0.2, 0) is 11.3 Å². The Balaban J connectivity index is 2.38. The van der Waals surface area contributed by atoms with Crippen molar-refractivity contribution in [3.8, 4) is 11.5 Å². The molecule has 0 saturated carbocycles. The summed E-state index contributed by atoms with van der Waals surface area (Å²) in [5, 5.41) is 5.64. The van der Waals surface area contributed by atoms with Crippen molar-refractivity contribution in [2.45, 2.75) is 65.3 Å². The van der Waals surface area contributed by atoms with E-state index in [-0.39, 0.29) is 5.91 Å². The zero-order valence-electron chi connectivity index (χ0n) is 19.2. The molecule has 0 aromatic heterocycles. The van der Waals surface area contributed by atoms with Gasteiger partial charge in [0.1, 0.15) is 0 Å². The molecule has 7 nitrogen and oxygen atoms in total. The molecular weight excluding hydrogens is 394 g/mol. The van der Waals surface area contributed by atoms with Crippen LogP contribution in [0.2, 0.25) is 0 Å². The van der Waals surface area contributed by atoms with E-state index in [0.29, 0.717) is 43.5 Å². The molecule has 0 bridgehead atoms. The molecule has 1 aromatic rings. The van der Waals surface area contributed by atoms with E-state index in [9.17, 15) is 9.59 Å². The van der Waals surface area contributed by atoms with E-state index >= 15 is 0 Å². The summed E-state index contributed by atoms with van der Waals surface area (Å²) < 4.78 is 10.7. The quantitative estimate of drug-likeness (QED) is 0.283. The smallest absolute Gasteiger partial charge is 0.412 e. The summed E-state index contributed by atoms with van der Waals surface area (Å²) in [7, 11) is 1.52. The van der Waals surface area contributed by atoms with Gasteiger partial charge in [-0.2, -0.15) is 0 Å². The second-order valence-electron chi connectivity index (χ2n) is 7.85. The standard InChI is InChI=1S/C24H39N3O4/c1-19(2)11-7-4-5-8-12-23(28)27-18-20-13-14-21(22(17-20)30-3)31-24(29)26-16-10-6-9-15-25/h7,11,13-14,17,19H,4-6,8-10,12,15-16,18,25H2,1-3H3,(H,26,29)(H,27,28)/b11-7+. The maximum atomic E-state index is 12.0. The molecule has 7 heteroatoms. The molecule has 0 fully saturated rings. The van der Waals surface area contributed by atoms with Crippen LogP contribution in [0.5, 0.6) is 11.5 Å². The first-order valence-corrected chi connectivity index (χ1v) is 11.2. The fourth-order valence-electron chi connectivity index (χ4n) is 2.88. The van der Waals surface area contributed by atoms with E-state index in [1.165, 1.54) is 7.11 Å². The molecule has 0 saturated heterocycles. The number of ether oxygens (including phenoxy) is 2. The number of nitrogens with two attached hydrogens (primary N) is 1. The van der Waals surface area contributed by atoms with E-state index in [1.807, 2.05) is 6.07 Å². The van der Waals surface area contributed by atoms with E-state index in [0.717, 1.165) is 44.1 Å². The summed E-state index contributed by atoms with van der Waals surface area (Å²) in [6, 6.07) is 5.25. The number of amides is 2. The lowest BCUT2D eigenvalue weighted by molar-refractivity contribution is -0.121. The van der Waals surface area contributed by atoms with Gasteiger partial charge in [0, 0.05) is 19.5 Å². The average molecular weight is 434 g/mol. The molecule has 0 unspecified atom stereocenters. The molecule has 2 amide bonds. The third kappa shape index (κ3) is 12.7. The van der Waals surface area contributed by atoms with Gasteiger partial charge in [0.2, 0.25) is 5.91 Å². The number of methoxy groups -OCH3 is 1. The van der Waals surface area contributed by atoms with E-state index in [2.05, 4.69) is 36.6 Å². The number of nitrogens with one attached hydrogen (secondary N) is 2. The largest absolute Gasteiger partial charge is 0.493 e. The molecule has 174 valence electrons. The SMILES string of the molecule is COc1cc(CNC(=O)CCCC/C=C/C(C)C)ccc1OC(=O)NCCCCCN. The van der Waals surface area contributed by atoms with Gasteiger partial charge < -0.3 is 25.8 Å². The van der Waals surface area contributed by atoms with Crippen molar-refractivity contribution in [1.82, 2.24) is 10.6 Å². The van der Waals surface area contributed by atoms with Crippen LogP contribution in [0.3, 0.4) is 0 Å². The van der Waals surface area contributed by atoms with Gasteiger partial charge in [-0.25, -0.2) is 4.79 Å². The van der Waals surface area contributed by atoms with Crippen molar-refractivity contribution < 1.29 is 19.1 Å². The fraction of sp³-hybridized carbons (Fsp3) is 0.583. The Morgan fingerprint density at radius 3 is 2.58 bits per heavy atom. The third-order valence-electron chi connectivity index (χ3n) is 4.62. The topological polar surface area (TPSA) is 103 Å². The predicted molar refractivity (Wildman–Crippen MR) is 124 cm³/mol. The molecule has 31 heavy (non-hydrogen) atoms. The van der Waals surface area contributed by atoms with Crippen LogP contribution in [0.1, 0.15) is 64.4 Å². The highest BCUT2D eigenvalue weighted by atomic mass is 16.6. The highest BCUT2D eigenvalue weighted by Gasteiger charge is 2.11. The van der Waals surface area contributed by atoms with Crippen molar-refractivity contribution in [1.29, 1.82) is 0 Å². The molecule has 0 atom stereocenters. The Kier molecular flexibility index (Phi) is 13.8. The Morgan fingerprint density at radius 2 is 1.87 bits per heavy atom. The van der Waals surface area contributed by atoms with Crippen LogP contribution in [0.4, 0.5) is 4.79 Å². The highest BCUT2D eigenvalue weighted by molar-refractivity contribution is 5.76. The van der Waals surface area contributed by atoms with Crippen LogP contribution in [0, 0.1) is 5.92 Å². The molecule has 0 radical (unpaired) electrons. The van der Waals surface area contributed by atoms with Crippen molar-refractivity contribution in [3.63, 3.8) is 0 Å². The van der Waals surface area contributed by atoms with Gasteiger partial charge in [0.25, 0.3) is 0 Å². The number of rotatable bonds is 15. The minimum atomic E-state index is -0.518. The average Bonchev–Trinajstić information content (AvgIpc) is 2.75. The summed E-state index contributed by atoms with van der Waals surface area (Å²) >= 11 is 0. The van der Waals surface area contributed by atoms with E-state index in [1.54, 1.807) is 12.1 Å². The number of hydrogen-bond donors (Lipinski definition) is 3.